The van der Waals surface area contributed by atoms with E-state index in [2.05, 4.69) is 16.3 Å². The van der Waals surface area contributed by atoms with Crippen LogP contribution in [-0.4, -0.2) is 17.3 Å². The molecule has 0 unspecified atom stereocenters. The maximum atomic E-state index is 9.12. The van der Waals surface area contributed by atoms with Crippen LogP contribution in [0.15, 0.2) is 36.7 Å². The molecule has 1 aromatic carbocycles. The van der Waals surface area contributed by atoms with Crippen LogP contribution in [0.4, 0.5) is 0 Å². The van der Waals surface area contributed by atoms with E-state index < -0.39 is 0 Å². The zero-order chi connectivity index (χ0) is 12.1. The first kappa shape index (κ1) is 11.0. The molecule has 0 bridgehead atoms. The number of H-pyrrole nitrogens is 1. The number of rotatable bonds is 3. The molecule has 0 atom stereocenters. The molecule has 1 heterocycles. The first-order chi connectivity index (χ1) is 8.33. The van der Waals surface area contributed by atoms with E-state index in [4.69, 9.17) is 10.00 Å². The molecule has 0 saturated carbocycles. The predicted octanol–water partition coefficient (Wildman–Crippen LogP) is 2.48. The quantitative estimate of drug-likeness (QED) is 0.816. The highest BCUT2D eigenvalue weighted by Gasteiger charge is 2.01. The maximum absolute atomic E-state index is 9.12. The van der Waals surface area contributed by atoms with Gasteiger partial charge in [-0.2, -0.15) is 10.4 Å². The second kappa shape index (κ2) is 4.99. The summed E-state index contributed by atoms with van der Waals surface area (Å²) in [5.74, 6) is 0.773. The van der Waals surface area contributed by atoms with Crippen molar-refractivity contribution in [2.75, 3.05) is 7.11 Å². The molecule has 2 aromatic rings. The highest BCUT2D eigenvalue weighted by atomic mass is 16.5. The van der Waals surface area contributed by atoms with Gasteiger partial charge in [0.05, 0.1) is 24.9 Å². The van der Waals surface area contributed by atoms with Gasteiger partial charge >= 0.3 is 0 Å². The van der Waals surface area contributed by atoms with Gasteiger partial charge in [-0.1, -0.05) is 0 Å². The molecule has 2 rings (SSSR count). The Morgan fingerprint density at radius 2 is 2.18 bits per heavy atom. The molecular weight excluding hydrogens is 214 g/mol. The summed E-state index contributed by atoms with van der Waals surface area (Å²) < 4.78 is 5.07. The van der Waals surface area contributed by atoms with E-state index in [1.807, 2.05) is 24.3 Å². The van der Waals surface area contributed by atoms with Crippen LogP contribution in [0.5, 0.6) is 5.75 Å². The van der Waals surface area contributed by atoms with Crippen LogP contribution in [0.1, 0.15) is 11.1 Å². The predicted molar refractivity (Wildman–Crippen MR) is 65.1 cm³/mol. The lowest BCUT2D eigenvalue weighted by Gasteiger charge is -2.01. The molecule has 0 radical (unpaired) electrons. The van der Waals surface area contributed by atoms with Gasteiger partial charge in [0.2, 0.25) is 0 Å². The lowest BCUT2D eigenvalue weighted by Crippen LogP contribution is -1.84. The normalized spacial score (nSPS) is 10.9. The highest BCUT2D eigenvalue weighted by molar-refractivity contribution is 5.89. The minimum absolute atomic E-state index is 0.592. The molecule has 0 spiro atoms. The van der Waals surface area contributed by atoms with Crippen LogP contribution in [0.3, 0.4) is 0 Å². The summed E-state index contributed by atoms with van der Waals surface area (Å²) in [5, 5.41) is 15.7. The molecule has 0 aliphatic rings. The van der Waals surface area contributed by atoms with Gasteiger partial charge in [-0.3, -0.25) is 5.10 Å². The van der Waals surface area contributed by atoms with Crippen LogP contribution in [-0.2, 0) is 0 Å². The molecule has 0 saturated heterocycles. The zero-order valence-corrected chi connectivity index (χ0v) is 9.34. The van der Waals surface area contributed by atoms with Gasteiger partial charge in [-0.05, 0) is 35.9 Å². The average molecular weight is 225 g/mol. The number of benzene rings is 1. The number of aromatic nitrogens is 2. The molecular formula is C13H11N3O. The number of methoxy groups -OCH3 is 1. The lowest BCUT2D eigenvalue weighted by atomic mass is 10.1. The van der Waals surface area contributed by atoms with Gasteiger partial charge in [0.1, 0.15) is 5.75 Å². The molecule has 0 aliphatic carbocycles. The van der Waals surface area contributed by atoms with Crippen molar-refractivity contribution in [2.45, 2.75) is 0 Å². The Kier molecular flexibility index (Phi) is 3.22. The molecule has 0 fully saturated rings. The Hall–Kier alpha value is -2.54. The van der Waals surface area contributed by atoms with E-state index in [1.54, 1.807) is 25.6 Å². The second-order valence-corrected chi connectivity index (χ2v) is 3.43. The third kappa shape index (κ3) is 2.52. The molecule has 17 heavy (non-hydrogen) atoms. The van der Waals surface area contributed by atoms with Gasteiger partial charge in [-0.15, -0.1) is 0 Å². The first-order valence-corrected chi connectivity index (χ1v) is 5.08. The van der Waals surface area contributed by atoms with Crippen LogP contribution < -0.4 is 4.74 Å². The fourth-order valence-corrected chi connectivity index (χ4v) is 1.46. The van der Waals surface area contributed by atoms with Crippen molar-refractivity contribution in [3.8, 4) is 11.8 Å². The molecule has 4 heteroatoms. The SMILES string of the molecule is COc1ccc(C(C#N)=Cc2cn[nH]c2)cc1. The number of aromatic amines is 1. The van der Waals surface area contributed by atoms with Crippen molar-refractivity contribution in [3.63, 3.8) is 0 Å². The zero-order valence-electron chi connectivity index (χ0n) is 9.34. The molecule has 84 valence electrons. The van der Waals surface area contributed by atoms with E-state index in [1.165, 1.54) is 0 Å². The van der Waals surface area contributed by atoms with Gasteiger partial charge in [-0.25, -0.2) is 0 Å². The third-order valence-electron chi connectivity index (χ3n) is 2.35. The standard InChI is InChI=1S/C13H11N3O/c1-17-13-4-2-11(3-5-13)12(7-14)6-10-8-15-16-9-10/h2-6,8-9H,1H3,(H,15,16). The number of hydrogen-bond donors (Lipinski definition) is 1. The van der Waals surface area contributed by atoms with Crippen LogP contribution in [0, 0.1) is 11.3 Å². The number of hydrogen-bond acceptors (Lipinski definition) is 3. The van der Waals surface area contributed by atoms with Crippen molar-refractivity contribution in [2.24, 2.45) is 0 Å². The number of nitrogens with zero attached hydrogens (tertiary/aromatic N) is 2. The largest absolute Gasteiger partial charge is 0.497 e. The van der Waals surface area contributed by atoms with E-state index in [9.17, 15) is 0 Å². The van der Waals surface area contributed by atoms with Crippen molar-refractivity contribution in [1.82, 2.24) is 10.2 Å². The molecule has 0 amide bonds. The van der Waals surface area contributed by atoms with Gasteiger partial charge < -0.3 is 4.74 Å². The summed E-state index contributed by atoms with van der Waals surface area (Å²) in [4.78, 5) is 0. The van der Waals surface area contributed by atoms with E-state index >= 15 is 0 Å². The van der Waals surface area contributed by atoms with Crippen LogP contribution >= 0.6 is 0 Å². The topological polar surface area (TPSA) is 61.7 Å². The maximum Gasteiger partial charge on any atom is 0.118 e. The summed E-state index contributed by atoms with van der Waals surface area (Å²) >= 11 is 0. The Balaban J connectivity index is 2.33. The molecule has 0 aliphatic heterocycles. The number of ether oxygens (including phenoxy) is 1. The van der Waals surface area contributed by atoms with E-state index in [-0.39, 0.29) is 0 Å². The van der Waals surface area contributed by atoms with Crippen molar-refractivity contribution < 1.29 is 4.74 Å². The Bertz CT molecular complexity index is 547. The summed E-state index contributed by atoms with van der Waals surface area (Å²) in [6.45, 7) is 0. The highest BCUT2D eigenvalue weighted by Crippen LogP contribution is 2.20. The smallest absolute Gasteiger partial charge is 0.118 e. The fourth-order valence-electron chi connectivity index (χ4n) is 1.46. The van der Waals surface area contributed by atoms with Gasteiger partial charge in [0, 0.05) is 11.8 Å². The van der Waals surface area contributed by atoms with Gasteiger partial charge in [0.25, 0.3) is 0 Å². The molecule has 1 N–H and O–H groups in total. The Morgan fingerprint density at radius 1 is 1.41 bits per heavy atom. The van der Waals surface area contributed by atoms with Gasteiger partial charge in [0.15, 0.2) is 0 Å². The number of allylic oxidation sites excluding steroid dienone is 1. The van der Waals surface area contributed by atoms with Crippen molar-refractivity contribution in [1.29, 1.82) is 5.26 Å². The van der Waals surface area contributed by atoms with E-state index in [0.717, 1.165) is 16.9 Å². The van der Waals surface area contributed by atoms with Crippen molar-refractivity contribution >= 4 is 11.6 Å². The fraction of sp³-hybridized carbons (Fsp3) is 0.0769. The number of nitriles is 1. The first-order valence-electron chi connectivity index (χ1n) is 5.08. The minimum atomic E-state index is 0.592. The second-order valence-electron chi connectivity index (χ2n) is 3.43. The average Bonchev–Trinajstić information content (AvgIpc) is 2.89. The van der Waals surface area contributed by atoms with E-state index in [0.29, 0.717) is 5.57 Å². The monoisotopic (exact) mass is 225 g/mol. The number of nitrogens with one attached hydrogen (secondary N) is 1. The molecule has 1 aromatic heterocycles. The van der Waals surface area contributed by atoms with Crippen LogP contribution in [0.2, 0.25) is 0 Å². The summed E-state index contributed by atoms with van der Waals surface area (Å²) in [6.07, 6.45) is 5.19. The van der Waals surface area contributed by atoms with Crippen LogP contribution in [0.25, 0.3) is 11.6 Å². The summed E-state index contributed by atoms with van der Waals surface area (Å²) in [6, 6.07) is 9.54. The molecule has 4 nitrogen and oxygen atoms in total. The minimum Gasteiger partial charge on any atom is -0.497 e. The Labute approximate surface area is 99.2 Å². The third-order valence-corrected chi connectivity index (χ3v) is 2.35. The summed E-state index contributed by atoms with van der Waals surface area (Å²) in [5.41, 5.74) is 2.32. The Morgan fingerprint density at radius 3 is 2.71 bits per heavy atom. The van der Waals surface area contributed by atoms with Crippen molar-refractivity contribution in [3.05, 3.63) is 47.8 Å². The lowest BCUT2D eigenvalue weighted by molar-refractivity contribution is 0.415. The summed E-state index contributed by atoms with van der Waals surface area (Å²) in [7, 11) is 1.61.